The first-order valence-electron chi connectivity index (χ1n) is 9.14. The molecular weight excluding hydrogens is 355 g/mol. The largest absolute Gasteiger partial charge is 0.309 e. The summed E-state index contributed by atoms with van der Waals surface area (Å²) in [6.45, 7) is 2.10. The number of hydrogen-bond donors (Lipinski definition) is 1. The fourth-order valence-corrected chi connectivity index (χ4v) is 3.92. The number of pyridine rings is 1. The lowest BCUT2D eigenvalue weighted by Gasteiger charge is -2.23. The first-order valence-corrected chi connectivity index (χ1v) is 9.14. The molecule has 0 amide bonds. The summed E-state index contributed by atoms with van der Waals surface area (Å²) in [6, 6.07) is 16.1. The van der Waals surface area contributed by atoms with E-state index >= 15 is 0 Å². The predicted octanol–water partition coefficient (Wildman–Crippen LogP) is 4.21. The second kappa shape index (κ2) is 6.27. The number of benzene rings is 2. The molecule has 1 aliphatic rings. The molecule has 0 spiro atoms. The highest BCUT2D eigenvalue weighted by Crippen LogP contribution is 2.36. The van der Waals surface area contributed by atoms with Gasteiger partial charge in [-0.2, -0.15) is 4.98 Å². The summed E-state index contributed by atoms with van der Waals surface area (Å²) in [5, 5.41) is 0.401. The maximum absolute atomic E-state index is 13.3. The quantitative estimate of drug-likeness (QED) is 0.573. The summed E-state index contributed by atoms with van der Waals surface area (Å²) in [5.74, 6) is 0.164. The van der Waals surface area contributed by atoms with Crippen LogP contribution in [0.2, 0.25) is 0 Å². The van der Waals surface area contributed by atoms with E-state index in [1.807, 2.05) is 23.1 Å². The Kier molecular flexibility index (Phi) is 3.72. The molecule has 2 aromatic heterocycles. The second-order valence-electron chi connectivity index (χ2n) is 7.01. The van der Waals surface area contributed by atoms with E-state index in [0.717, 1.165) is 17.7 Å². The molecule has 0 bridgehead atoms. The first-order chi connectivity index (χ1) is 13.6. The van der Waals surface area contributed by atoms with Crippen LogP contribution in [0.5, 0.6) is 0 Å². The summed E-state index contributed by atoms with van der Waals surface area (Å²) >= 11 is 0. The van der Waals surface area contributed by atoms with E-state index in [1.54, 1.807) is 24.4 Å². The van der Waals surface area contributed by atoms with Gasteiger partial charge in [0.05, 0.1) is 5.39 Å². The van der Waals surface area contributed by atoms with Gasteiger partial charge in [-0.1, -0.05) is 30.3 Å². The van der Waals surface area contributed by atoms with Crippen molar-refractivity contribution in [2.45, 2.75) is 19.4 Å². The van der Waals surface area contributed by atoms with Gasteiger partial charge in [-0.15, -0.1) is 0 Å². The average molecular weight is 372 g/mol. The number of aromatic nitrogens is 3. The van der Waals surface area contributed by atoms with Crippen LogP contribution in [0.15, 0.2) is 65.6 Å². The lowest BCUT2D eigenvalue weighted by molar-refractivity contribution is 0.628. The molecule has 28 heavy (non-hydrogen) atoms. The predicted molar refractivity (Wildman–Crippen MR) is 107 cm³/mol. The molecule has 0 aliphatic carbocycles. The van der Waals surface area contributed by atoms with Crippen molar-refractivity contribution in [3.63, 3.8) is 0 Å². The molecule has 0 fully saturated rings. The molecule has 3 heterocycles. The monoisotopic (exact) mass is 372 g/mol. The van der Waals surface area contributed by atoms with E-state index in [1.165, 1.54) is 17.7 Å². The van der Waals surface area contributed by atoms with Crippen molar-refractivity contribution in [1.82, 2.24) is 15.0 Å². The molecule has 6 heteroatoms. The topological polar surface area (TPSA) is 61.9 Å². The molecule has 138 valence electrons. The minimum Gasteiger partial charge on any atom is -0.309 e. The highest BCUT2D eigenvalue weighted by atomic mass is 19.1. The summed E-state index contributed by atoms with van der Waals surface area (Å²) in [6.07, 6.45) is 2.51. The van der Waals surface area contributed by atoms with Crippen LogP contribution in [-0.2, 0) is 6.42 Å². The molecule has 1 N–H and O–H groups in total. The first kappa shape index (κ1) is 16.6. The minimum absolute atomic E-state index is 0.179. The number of H-pyrrole nitrogens is 1. The Balaban J connectivity index is 1.69. The van der Waals surface area contributed by atoms with E-state index in [2.05, 4.69) is 27.9 Å². The Bertz CT molecular complexity index is 1250. The molecule has 4 aromatic rings. The average Bonchev–Trinajstić information content (AvgIpc) is 3.03. The molecule has 0 saturated heterocycles. The Morgan fingerprint density at radius 2 is 1.89 bits per heavy atom. The smallest absolute Gasteiger partial charge is 0.262 e. The molecule has 2 aromatic carbocycles. The number of rotatable bonds is 2. The third kappa shape index (κ3) is 2.57. The van der Waals surface area contributed by atoms with Crippen LogP contribution in [0.25, 0.3) is 22.2 Å². The van der Waals surface area contributed by atoms with E-state index in [0.29, 0.717) is 22.5 Å². The Morgan fingerprint density at radius 3 is 2.71 bits per heavy atom. The summed E-state index contributed by atoms with van der Waals surface area (Å²) < 4.78 is 13.3. The zero-order valence-electron chi connectivity index (χ0n) is 15.2. The SMILES string of the molecule is CC1Cc2ccccc2N1c1nc2nccc(-c3ccc(F)cc3)c2c(=O)[nH]1. The number of para-hydroxylation sites is 1. The van der Waals surface area contributed by atoms with Gasteiger partial charge in [-0.25, -0.2) is 9.37 Å². The normalized spacial score (nSPS) is 15.8. The highest BCUT2D eigenvalue weighted by Gasteiger charge is 2.29. The van der Waals surface area contributed by atoms with Crippen molar-refractivity contribution in [3.05, 3.63) is 82.5 Å². The fraction of sp³-hybridized carbons (Fsp3) is 0.136. The van der Waals surface area contributed by atoms with Crippen molar-refractivity contribution >= 4 is 22.7 Å². The van der Waals surface area contributed by atoms with Crippen LogP contribution in [0, 0.1) is 5.82 Å². The maximum Gasteiger partial charge on any atom is 0.262 e. The van der Waals surface area contributed by atoms with Crippen LogP contribution in [0.1, 0.15) is 12.5 Å². The fourth-order valence-electron chi connectivity index (χ4n) is 3.92. The zero-order chi connectivity index (χ0) is 19.3. The lowest BCUT2D eigenvalue weighted by Crippen LogP contribution is -2.28. The second-order valence-corrected chi connectivity index (χ2v) is 7.01. The van der Waals surface area contributed by atoms with Crippen LogP contribution >= 0.6 is 0 Å². The van der Waals surface area contributed by atoms with Gasteiger partial charge >= 0.3 is 0 Å². The third-order valence-electron chi connectivity index (χ3n) is 5.19. The van der Waals surface area contributed by atoms with E-state index in [-0.39, 0.29) is 17.4 Å². The number of anilines is 2. The van der Waals surface area contributed by atoms with Gasteiger partial charge in [0, 0.05) is 17.9 Å². The van der Waals surface area contributed by atoms with Crippen molar-refractivity contribution in [1.29, 1.82) is 0 Å². The van der Waals surface area contributed by atoms with Crippen LogP contribution in [-0.4, -0.2) is 21.0 Å². The highest BCUT2D eigenvalue weighted by molar-refractivity contribution is 5.92. The van der Waals surface area contributed by atoms with Gasteiger partial charge in [0.15, 0.2) is 5.65 Å². The van der Waals surface area contributed by atoms with Gasteiger partial charge in [0.1, 0.15) is 5.82 Å². The molecule has 5 nitrogen and oxygen atoms in total. The summed E-state index contributed by atoms with van der Waals surface area (Å²) in [7, 11) is 0. The molecule has 0 saturated carbocycles. The molecule has 0 radical (unpaired) electrons. The van der Waals surface area contributed by atoms with Gasteiger partial charge in [-0.05, 0) is 54.3 Å². The van der Waals surface area contributed by atoms with Crippen molar-refractivity contribution in [2.75, 3.05) is 4.90 Å². The number of nitrogens with zero attached hydrogens (tertiary/aromatic N) is 3. The Hall–Kier alpha value is -3.54. The number of fused-ring (bicyclic) bond motifs is 2. The van der Waals surface area contributed by atoms with E-state index < -0.39 is 0 Å². The molecule has 1 aliphatic heterocycles. The zero-order valence-corrected chi connectivity index (χ0v) is 15.2. The Morgan fingerprint density at radius 1 is 1.11 bits per heavy atom. The number of nitrogens with one attached hydrogen (secondary N) is 1. The van der Waals surface area contributed by atoms with Gasteiger partial charge < -0.3 is 4.90 Å². The third-order valence-corrected chi connectivity index (χ3v) is 5.19. The summed E-state index contributed by atoms with van der Waals surface area (Å²) in [4.78, 5) is 27.0. The van der Waals surface area contributed by atoms with E-state index in [9.17, 15) is 9.18 Å². The molecule has 1 unspecified atom stereocenters. The van der Waals surface area contributed by atoms with Gasteiger partial charge in [0.2, 0.25) is 5.95 Å². The van der Waals surface area contributed by atoms with Crippen LogP contribution < -0.4 is 10.5 Å². The van der Waals surface area contributed by atoms with Crippen molar-refractivity contribution in [2.24, 2.45) is 0 Å². The minimum atomic E-state index is -0.321. The van der Waals surface area contributed by atoms with E-state index in [4.69, 9.17) is 0 Å². The standard InChI is InChI=1S/C22H17FN4O/c1-13-12-15-4-2-3-5-18(15)27(13)22-25-20-19(21(28)26-22)17(10-11-24-20)14-6-8-16(23)9-7-14/h2-11,13H,12H2,1H3,(H,24,25,26,28). The maximum atomic E-state index is 13.3. The van der Waals surface area contributed by atoms with Gasteiger partial charge in [-0.3, -0.25) is 9.78 Å². The lowest BCUT2D eigenvalue weighted by atomic mass is 10.0. The summed E-state index contributed by atoms with van der Waals surface area (Å²) in [5.41, 5.74) is 3.81. The number of halogens is 1. The number of hydrogen-bond acceptors (Lipinski definition) is 4. The van der Waals surface area contributed by atoms with Crippen molar-refractivity contribution < 1.29 is 4.39 Å². The number of aromatic amines is 1. The molecule has 5 rings (SSSR count). The van der Waals surface area contributed by atoms with Gasteiger partial charge in [0.25, 0.3) is 5.56 Å². The van der Waals surface area contributed by atoms with Crippen LogP contribution in [0.3, 0.4) is 0 Å². The molecular formula is C22H17FN4O. The van der Waals surface area contributed by atoms with Crippen molar-refractivity contribution in [3.8, 4) is 11.1 Å². The Labute approximate surface area is 160 Å². The van der Waals surface area contributed by atoms with Crippen LogP contribution in [0.4, 0.5) is 16.0 Å². The molecule has 1 atom stereocenters.